The number of aromatic nitrogens is 1. The first-order chi connectivity index (χ1) is 8.86. The number of fused-ring (bicyclic) bond motifs is 1. The molecule has 1 unspecified atom stereocenters. The van der Waals surface area contributed by atoms with Crippen molar-refractivity contribution in [3.8, 4) is 11.9 Å². The Kier molecular flexibility index (Phi) is 3.16. The molecule has 1 aromatic rings. The van der Waals surface area contributed by atoms with E-state index in [1.54, 1.807) is 0 Å². The van der Waals surface area contributed by atoms with E-state index in [0.29, 0.717) is 11.4 Å². The van der Waals surface area contributed by atoms with Gasteiger partial charge in [-0.3, -0.25) is 0 Å². The summed E-state index contributed by atoms with van der Waals surface area (Å²) in [7, 11) is 0. The Balaban J connectivity index is 1.89. The normalized spacial score (nSPS) is 22.3. The Morgan fingerprint density at radius 1 is 1.39 bits per heavy atom. The molecule has 1 aliphatic carbocycles. The van der Waals surface area contributed by atoms with Crippen molar-refractivity contribution in [2.75, 3.05) is 13.1 Å². The number of aryl methyl sites for hydroxylation is 2. The van der Waals surface area contributed by atoms with Crippen molar-refractivity contribution >= 4 is 0 Å². The smallest absolute Gasteiger partial charge is 0.232 e. The monoisotopic (exact) mass is 243 g/mol. The molecule has 4 heteroatoms. The average Bonchev–Trinajstić information content (AvgIpc) is 2.91. The van der Waals surface area contributed by atoms with Gasteiger partial charge in [0.15, 0.2) is 0 Å². The van der Waals surface area contributed by atoms with Crippen LogP contribution in [-0.4, -0.2) is 24.2 Å². The van der Waals surface area contributed by atoms with Crippen LogP contribution in [0.1, 0.15) is 36.1 Å². The van der Waals surface area contributed by atoms with Gasteiger partial charge in [0.2, 0.25) is 5.88 Å². The van der Waals surface area contributed by atoms with Crippen molar-refractivity contribution in [1.29, 1.82) is 5.26 Å². The van der Waals surface area contributed by atoms with Gasteiger partial charge in [0, 0.05) is 12.2 Å². The lowest BCUT2D eigenvalue weighted by Gasteiger charge is -2.18. The van der Waals surface area contributed by atoms with Gasteiger partial charge < -0.3 is 10.1 Å². The number of rotatable bonds is 2. The van der Waals surface area contributed by atoms with Crippen molar-refractivity contribution in [3.05, 3.63) is 22.9 Å². The van der Waals surface area contributed by atoms with Gasteiger partial charge in [-0.2, -0.15) is 5.26 Å². The maximum atomic E-state index is 9.21. The van der Waals surface area contributed by atoms with Gasteiger partial charge in [0.1, 0.15) is 17.7 Å². The van der Waals surface area contributed by atoms with Crippen LogP contribution in [0.25, 0.3) is 0 Å². The van der Waals surface area contributed by atoms with E-state index in [9.17, 15) is 5.26 Å². The number of nitrogens with one attached hydrogen (secondary N) is 1. The average molecular weight is 243 g/mol. The molecule has 0 spiro atoms. The lowest BCUT2D eigenvalue weighted by atomic mass is 9.95. The summed E-state index contributed by atoms with van der Waals surface area (Å²) in [5.74, 6) is 0.534. The second kappa shape index (κ2) is 4.95. The quantitative estimate of drug-likeness (QED) is 0.856. The Hall–Kier alpha value is -1.60. The minimum absolute atomic E-state index is 0.159. The Labute approximate surface area is 107 Å². The topological polar surface area (TPSA) is 57.9 Å². The lowest BCUT2D eigenvalue weighted by molar-refractivity contribution is 0.212. The van der Waals surface area contributed by atoms with Crippen LogP contribution in [0.3, 0.4) is 0 Å². The molecule has 1 N–H and O–H groups in total. The van der Waals surface area contributed by atoms with Crippen LogP contribution in [0.15, 0.2) is 6.07 Å². The minimum atomic E-state index is 0.159. The third-order valence-corrected chi connectivity index (χ3v) is 3.68. The summed E-state index contributed by atoms with van der Waals surface area (Å²) in [6, 6.07) is 4.18. The highest BCUT2D eigenvalue weighted by atomic mass is 16.5. The molecule has 0 aromatic carbocycles. The summed E-state index contributed by atoms with van der Waals surface area (Å²) in [5.41, 5.74) is 2.94. The van der Waals surface area contributed by atoms with Gasteiger partial charge >= 0.3 is 0 Å². The molecular formula is C14H17N3O. The lowest BCUT2D eigenvalue weighted by Crippen LogP contribution is -2.21. The summed E-state index contributed by atoms with van der Waals surface area (Å²) < 4.78 is 5.87. The third kappa shape index (κ3) is 2.19. The Morgan fingerprint density at radius 2 is 2.28 bits per heavy atom. The van der Waals surface area contributed by atoms with Crippen molar-refractivity contribution in [2.45, 2.75) is 38.2 Å². The predicted molar refractivity (Wildman–Crippen MR) is 67.5 cm³/mol. The Morgan fingerprint density at radius 3 is 3.06 bits per heavy atom. The molecule has 0 amide bonds. The van der Waals surface area contributed by atoms with Gasteiger partial charge in [-0.05, 0) is 50.3 Å². The molecule has 0 bridgehead atoms. The maximum absolute atomic E-state index is 9.21. The molecular weight excluding hydrogens is 226 g/mol. The summed E-state index contributed by atoms with van der Waals surface area (Å²) in [5, 5.41) is 12.5. The first-order valence-electron chi connectivity index (χ1n) is 6.67. The van der Waals surface area contributed by atoms with Crippen LogP contribution in [0.5, 0.6) is 5.88 Å². The molecule has 2 aliphatic rings. The molecule has 1 aromatic heterocycles. The van der Waals surface area contributed by atoms with E-state index in [-0.39, 0.29) is 6.10 Å². The SMILES string of the molecule is N#Cc1cc2c(nc1OC1CCNC1)CCCC2. The van der Waals surface area contributed by atoms with E-state index in [0.717, 1.165) is 38.0 Å². The molecule has 1 fully saturated rings. The number of hydrogen-bond donors (Lipinski definition) is 1. The summed E-state index contributed by atoms with van der Waals surface area (Å²) in [6.07, 6.45) is 5.60. The van der Waals surface area contributed by atoms with Crippen LogP contribution in [0.2, 0.25) is 0 Å². The second-order valence-electron chi connectivity index (χ2n) is 5.00. The number of ether oxygens (including phenoxy) is 1. The molecule has 1 aliphatic heterocycles. The number of hydrogen-bond acceptors (Lipinski definition) is 4. The maximum Gasteiger partial charge on any atom is 0.232 e. The van der Waals surface area contributed by atoms with E-state index in [1.807, 2.05) is 6.07 Å². The van der Waals surface area contributed by atoms with Crippen LogP contribution < -0.4 is 10.1 Å². The molecule has 3 rings (SSSR count). The fraction of sp³-hybridized carbons (Fsp3) is 0.571. The highest BCUT2D eigenvalue weighted by molar-refractivity contribution is 5.43. The molecule has 1 atom stereocenters. The van der Waals surface area contributed by atoms with Crippen molar-refractivity contribution in [1.82, 2.24) is 10.3 Å². The van der Waals surface area contributed by atoms with E-state index >= 15 is 0 Å². The van der Waals surface area contributed by atoms with Gasteiger partial charge in [0.25, 0.3) is 0 Å². The van der Waals surface area contributed by atoms with E-state index in [1.165, 1.54) is 18.4 Å². The summed E-state index contributed by atoms with van der Waals surface area (Å²) >= 11 is 0. The molecule has 0 saturated carbocycles. The van der Waals surface area contributed by atoms with Crippen molar-refractivity contribution in [3.63, 3.8) is 0 Å². The molecule has 1 saturated heterocycles. The van der Waals surface area contributed by atoms with Crippen molar-refractivity contribution in [2.24, 2.45) is 0 Å². The van der Waals surface area contributed by atoms with Crippen LogP contribution >= 0.6 is 0 Å². The summed E-state index contributed by atoms with van der Waals surface area (Å²) in [6.45, 7) is 1.83. The zero-order valence-corrected chi connectivity index (χ0v) is 10.4. The highest BCUT2D eigenvalue weighted by Gasteiger charge is 2.21. The van der Waals surface area contributed by atoms with E-state index < -0.39 is 0 Å². The minimum Gasteiger partial charge on any atom is -0.472 e. The number of pyridine rings is 1. The fourth-order valence-corrected chi connectivity index (χ4v) is 2.67. The van der Waals surface area contributed by atoms with Gasteiger partial charge in [-0.1, -0.05) is 0 Å². The number of nitrogens with zero attached hydrogens (tertiary/aromatic N) is 2. The largest absolute Gasteiger partial charge is 0.472 e. The van der Waals surface area contributed by atoms with Gasteiger partial charge in [-0.25, -0.2) is 4.98 Å². The standard InChI is InChI=1S/C14H17N3O/c15-8-11-7-10-3-1-2-4-13(10)17-14(11)18-12-5-6-16-9-12/h7,12,16H,1-6,9H2. The van der Waals surface area contributed by atoms with Crippen LogP contribution in [0, 0.1) is 11.3 Å². The zero-order chi connectivity index (χ0) is 12.4. The second-order valence-corrected chi connectivity index (χ2v) is 5.00. The summed E-state index contributed by atoms with van der Waals surface area (Å²) in [4.78, 5) is 4.58. The fourth-order valence-electron chi connectivity index (χ4n) is 2.67. The first kappa shape index (κ1) is 11.5. The Bertz CT molecular complexity index is 487. The van der Waals surface area contributed by atoms with E-state index in [2.05, 4.69) is 16.4 Å². The third-order valence-electron chi connectivity index (χ3n) is 3.68. The molecule has 18 heavy (non-hydrogen) atoms. The molecule has 0 radical (unpaired) electrons. The van der Waals surface area contributed by atoms with Gasteiger partial charge in [-0.15, -0.1) is 0 Å². The molecule has 94 valence electrons. The molecule has 2 heterocycles. The first-order valence-corrected chi connectivity index (χ1v) is 6.67. The molecule has 4 nitrogen and oxygen atoms in total. The zero-order valence-electron chi connectivity index (χ0n) is 10.4. The number of nitriles is 1. The highest BCUT2D eigenvalue weighted by Crippen LogP contribution is 2.26. The van der Waals surface area contributed by atoms with Crippen molar-refractivity contribution < 1.29 is 4.74 Å². The van der Waals surface area contributed by atoms with Crippen LogP contribution in [-0.2, 0) is 12.8 Å². The van der Waals surface area contributed by atoms with Crippen LogP contribution in [0.4, 0.5) is 0 Å². The predicted octanol–water partition coefficient (Wildman–Crippen LogP) is 1.57. The van der Waals surface area contributed by atoms with Gasteiger partial charge in [0.05, 0.1) is 0 Å². The van der Waals surface area contributed by atoms with E-state index in [4.69, 9.17) is 4.74 Å².